The molecule has 0 amide bonds. The summed E-state index contributed by atoms with van der Waals surface area (Å²) < 4.78 is 32.2. The molecule has 3 atom stereocenters. The number of phosphoric ester groups is 1. The maximum atomic E-state index is 12.4. The fourth-order valence-corrected chi connectivity index (χ4v) is 6.80. The van der Waals surface area contributed by atoms with Crippen molar-refractivity contribution in [2.75, 3.05) is 13.2 Å². The summed E-state index contributed by atoms with van der Waals surface area (Å²) in [5.74, 6) is -0.898. The fourth-order valence-electron chi connectivity index (χ4n) is 6.44. The van der Waals surface area contributed by atoms with Crippen molar-refractivity contribution in [1.29, 1.82) is 0 Å². The third-order valence-electron chi connectivity index (χ3n) is 9.71. The topological polar surface area (TPSA) is 132 Å². The second-order valence-corrected chi connectivity index (χ2v) is 15.9. The average Bonchev–Trinajstić information content (AvgIpc) is 3.85. The van der Waals surface area contributed by atoms with Gasteiger partial charge in [-0.2, -0.15) is 0 Å². The Hall–Kier alpha value is -1.25. The van der Waals surface area contributed by atoms with Crippen LogP contribution in [-0.2, 0) is 32.9 Å². The van der Waals surface area contributed by atoms with E-state index in [-0.39, 0.29) is 19.4 Å². The van der Waals surface area contributed by atoms with E-state index in [1.165, 1.54) is 103 Å². The van der Waals surface area contributed by atoms with Crippen LogP contribution in [0, 0.1) is 0 Å². The number of rotatable bonds is 38. The lowest BCUT2D eigenvalue weighted by Gasteiger charge is -2.18. The number of unbranched alkanes of at least 4 members (excludes halogenated alkanes) is 23. The Balaban J connectivity index is 2.05. The first-order valence-corrected chi connectivity index (χ1v) is 22.6. The molecular formula is C41H77O9P. The molecule has 1 rings (SSSR count). The van der Waals surface area contributed by atoms with Crippen LogP contribution < -0.4 is 0 Å². The van der Waals surface area contributed by atoms with Crippen LogP contribution in [0.5, 0.6) is 0 Å². The summed E-state index contributed by atoms with van der Waals surface area (Å²) in [4.78, 5) is 42.9. The largest absolute Gasteiger partial charge is 0.469 e. The minimum absolute atomic E-state index is 0.211. The van der Waals surface area contributed by atoms with Gasteiger partial charge in [0, 0.05) is 12.8 Å². The zero-order valence-electron chi connectivity index (χ0n) is 32.7. The number of hydrogen-bond acceptors (Lipinski definition) is 7. The van der Waals surface area contributed by atoms with Crippen LogP contribution in [0.2, 0.25) is 0 Å². The molecule has 10 heteroatoms. The van der Waals surface area contributed by atoms with E-state index < -0.39 is 32.5 Å². The molecule has 0 aromatic rings. The molecule has 0 radical (unpaired) electrons. The molecule has 0 spiro atoms. The number of carbonyl (C=O) groups excluding carboxylic acids is 2. The van der Waals surface area contributed by atoms with Crippen LogP contribution in [0.25, 0.3) is 0 Å². The molecular weight excluding hydrogens is 667 g/mol. The summed E-state index contributed by atoms with van der Waals surface area (Å²) in [6.07, 6.45) is 38.1. The summed E-state index contributed by atoms with van der Waals surface area (Å²) >= 11 is 0. The predicted octanol–water partition coefficient (Wildman–Crippen LogP) is 11.6. The highest BCUT2D eigenvalue weighted by Crippen LogP contribution is 2.36. The second-order valence-electron chi connectivity index (χ2n) is 14.7. The summed E-state index contributed by atoms with van der Waals surface area (Å²) in [5.41, 5.74) is 0. The number of hydrogen-bond donors (Lipinski definition) is 2. The minimum atomic E-state index is -4.76. The molecule has 0 saturated carbocycles. The van der Waals surface area contributed by atoms with E-state index in [2.05, 4.69) is 30.5 Å². The van der Waals surface area contributed by atoms with Gasteiger partial charge < -0.3 is 24.0 Å². The summed E-state index contributed by atoms with van der Waals surface area (Å²) in [7, 11) is -4.76. The van der Waals surface area contributed by atoms with Crippen molar-refractivity contribution < 1.29 is 42.7 Å². The quantitative estimate of drug-likeness (QED) is 0.0208. The standard InChI is InChI=1S/C41H77O9P/c1-3-5-7-9-11-12-13-14-15-16-17-18-19-20-21-25-30-34-41(43)49-37(36-48-51(44,45)46)35-47-40(42)33-29-26-22-24-28-32-39-38(50-39)31-27-23-10-8-6-4-2/h23,27,37-39H,3-22,24-26,28-36H2,1-2H3,(H2,44,45,46)/b27-23-/t37-,38?,39?/m1/s1. The van der Waals surface area contributed by atoms with Gasteiger partial charge in [0.05, 0.1) is 18.8 Å². The van der Waals surface area contributed by atoms with Gasteiger partial charge in [-0.3, -0.25) is 14.1 Å². The first kappa shape index (κ1) is 47.8. The van der Waals surface area contributed by atoms with Gasteiger partial charge in [0.15, 0.2) is 6.10 Å². The first-order chi connectivity index (χ1) is 24.7. The van der Waals surface area contributed by atoms with Crippen LogP contribution in [0.1, 0.15) is 206 Å². The van der Waals surface area contributed by atoms with E-state index in [1.54, 1.807) is 0 Å². The van der Waals surface area contributed by atoms with E-state index in [0.717, 1.165) is 64.2 Å². The maximum Gasteiger partial charge on any atom is 0.469 e. The smallest absolute Gasteiger partial charge is 0.462 e. The Labute approximate surface area is 312 Å². The monoisotopic (exact) mass is 745 g/mol. The first-order valence-electron chi connectivity index (χ1n) is 21.1. The average molecular weight is 745 g/mol. The Bertz CT molecular complexity index is 906. The SMILES string of the molecule is CCCCC/C=C\CC1OC1CCCCCCCC(=O)OC[C@H](COP(=O)(O)O)OC(=O)CCCCCCCCCCCCCCCCCCC. The van der Waals surface area contributed by atoms with Crippen LogP contribution in [0.15, 0.2) is 12.2 Å². The van der Waals surface area contributed by atoms with Gasteiger partial charge in [-0.25, -0.2) is 4.57 Å². The Kier molecular flexibility index (Phi) is 31.2. The van der Waals surface area contributed by atoms with Crippen molar-refractivity contribution in [1.82, 2.24) is 0 Å². The van der Waals surface area contributed by atoms with Crippen molar-refractivity contribution >= 4 is 19.8 Å². The molecule has 1 aliphatic rings. The molecule has 1 saturated heterocycles. The number of esters is 2. The molecule has 0 aromatic heterocycles. The molecule has 2 unspecified atom stereocenters. The number of phosphoric acid groups is 1. The predicted molar refractivity (Wildman–Crippen MR) is 206 cm³/mol. The lowest BCUT2D eigenvalue weighted by atomic mass is 10.0. The summed E-state index contributed by atoms with van der Waals surface area (Å²) in [5, 5.41) is 0. The molecule has 0 aliphatic carbocycles. The van der Waals surface area contributed by atoms with Crippen molar-refractivity contribution in [3.63, 3.8) is 0 Å². The second kappa shape index (κ2) is 33.3. The van der Waals surface area contributed by atoms with Crippen molar-refractivity contribution in [3.05, 3.63) is 12.2 Å². The van der Waals surface area contributed by atoms with E-state index in [1.807, 2.05) is 0 Å². The number of ether oxygens (including phenoxy) is 3. The number of epoxide rings is 1. The normalized spacial score (nSPS) is 16.5. The molecule has 0 bridgehead atoms. The molecule has 1 heterocycles. The molecule has 1 fully saturated rings. The van der Waals surface area contributed by atoms with E-state index in [0.29, 0.717) is 25.0 Å². The number of allylic oxidation sites excluding steroid dienone is 1. The van der Waals surface area contributed by atoms with Crippen molar-refractivity contribution in [2.45, 2.75) is 225 Å². The molecule has 0 aromatic carbocycles. The van der Waals surface area contributed by atoms with Crippen LogP contribution in [0.3, 0.4) is 0 Å². The highest BCUT2D eigenvalue weighted by molar-refractivity contribution is 7.46. The van der Waals surface area contributed by atoms with E-state index in [9.17, 15) is 14.2 Å². The molecule has 9 nitrogen and oxygen atoms in total. The number of carbonyl (C=O) groups is 2. The van der Waals surface area contributed by atoms with Gasteiger partial charge in [0.1, 0.15) is 6.61 Å². The lowest BCUT2D eigenvalue weighted by Crippen LogP contribution is -2.29. The van der Waals surface area contributed by atoms with Gasteiger partial charge in [-0.15, -0.1) is 0 Å². The zero-order valence-corrected chi connectivity index (χ0v) is 33.6. The molecule has 300 valence electrons. The minimum Gasteiger partial charge on any atom is -0.462 e. The Morgan fingerprint density at radius 2 is 1.08 bits per heavy atom. The molecule has 1 aliphatic heterocycles. The third kappa shape index (κ3) is 33.1. The lowest BCUT2D eigenvalue weighted by molar-refractivity contribution is -0.161. The molecule has 51 heavy (non-hydrogen) atoms. The van der Waals surface area contributed by atoms with Crippen molar-refractivity contribution in [3.8, 4) is 0 Å². The van der Waals surface area contributed by atoms with Gasteiger partial charge in [0.2, 0.25) is 0 Å². The van der Waals surface area contributed by atoms with E-state index in [4.69, 9.17) is 24.0 Å². The third-order valence-corrected chi connectivity index (χ3v) is 10.2. The summed E-state index contributed by atoms with van der Waals surface area (Å²) in [6.45, 7) is 3.65. The zero-order chi connectivity index (χ0) is 37.3. The summed E-state index contributed by atoms with van der Waals surface area (Å²) in [6, 6.07) is 0. The van der Waals surface area contributed by atoms with Crippen LogP contribution in [-0.4, -0.2) is 53.3 Å². The van der Waals surface area contributed by atoms with Gasteiger partial charge in [-0.05, 0) is 38.5 Å². The highest BCUT2D eigenvalue weighted by atomic mass is 31.2. The molecule has 2 N–H and O–H groups in total. The van der Waals surface area contributed by atoms with Crippen LogP contribution in [0.4, 0.5) is 0 Å². The van der Waals surface area contributed by atoms with Gasteiger partial charge >= 0.3 is 19.8 Å². The van der Waals surface area contributed by atoms with Gasteiger partial charge in [0.25, 0.3) is 0 Å². The Morgan fingerprint density at radius 3 is 1.61 bits per heavy atom. The highest BCUT2D eigenvalue weighted by Gasteiger charge is 2.36. The van der Waals surface area contributed by atoms with E-state index >= 15 is 0 Å². The fraction of sp³-hybridized carbons (Fsp3) is 0.902. The maximum absolute atomic E-state index is 12.4. The Morgan fingerprint density at radius 1 is 0.608 bits per heavy atom. The van der Waals surface area contributed by atoms with Crippen molar-refractivity contribution in [2.24, 2.45) is 0 Å². The van der Waals surface area contributed by atoms with Crippen LogP contribution >= 0.6 is 7.82 Å². The van der Waals surface area contributed by atoms with Gasteiger partial charge in [-0.1, -0.05) is 167 Å².